The largest absolute Gasteiger partial charge is 0.497 e. The van der Waals surface area contributed by atoms with Gasteiger partial charge in [0, 0.05) is 39.8 Å². The molecule has 1 aliphatic rings. The summed E-state index contributed by atoms with van der Waals surface area (Å²) in [4.78, 5) is 29.5. The molecule has 2 aromatic rings. The molecule has 0 radical (unpaired) electrons. The van der Waals surface area contributed by atoms with Gasteiger partial charge in [-0.3, -0.25) is 9.59 Å². The molecule has 0 fully saturated rings. The predicted octanol–water partition coefficient (Wildman–Crippen LogP) is 2.52. The Balaban J connectivity index is 1.54. The summed E-state index contributed by atoms with van der Waals surface area (Å²) in [6.07, 6.45) is 2.01. The first-order chi connectivity index (χ1) is 18.3. The topological polar surface area (TPSA) is 99.3 Å². The molecule has 0 aliphatic carbocycles. The van der Waals surface area contributed by atoms with Crippen LogP contribution in [0.5, 0.6) is 5.75 Å². The van der Waals surface area contributed by atoms with Gasteiger partial charge in [-0.25, -0.2) is 8.42 Å². The van der Waals surface area contributed by atoms with Crippen LogP contribution in [0.15, 0.2) is 35.2 Å². The Hall–Kier alpha value is -2.95. The van der Waals surface area contributed by atoms with Crippen molar-refractivity contribution in [3.63, 3.8) is 0 Å². The Kier molecular flexibility index (Phi) is 10.1. The number of hydrogen-bond donors (Lipinski definition) is 1. The minimum Gasteiger partial charge on any atom is -0.497 e. The highest BCUT2D eigenvalue weighted by Gasteiger charge is 2.27. The van der Waals surface area contributed by atoms with Crippen LogP contribution in [0, 0.1) is 13.8 Å². The number of likely N-dealkylation sites (N-methyl/N-ethyl adjacent to an activating group) is 2. The van der Waals surface area contributed by atoms with E-state index in [2.05, 4.69) is 42.3 Å². The highest BCUT2D eigenvalue weighted by molar-refractivity contribution is 7.89. The fourth-order valence-electron chi connectivity index (χ4n) is 5.02. The van der Waals surface area contributed by atoms with E-state index < -0.39 is 22.5 Å². The molecule has 2 amide bonds. The van der Waals surface area contributed by atoms with E-state index in [-0.39, 0.29) is 17.3 Å². The zero-order chi connectivity index (χ0) is 28.9. The summed E-state index contributed by atoms with van der Waals surface area (Å²) >= 11 is 0. The summed E-state index contributed by atoms with van der Waals surface area (Å²) in [6.45, 7) is 9.72. The van der Waals surface area contributed by atoms with Crippen molar-refractivity contribution in [3.05, 3.63) is 58.1 Å². The van der Waals surface area contributed by atoms with Gasteiger partial charge >= 0.3 is 0 Å². The molecule has 1 N–H and O–H groups in total. The minimum atomic E-state index is -3.92. The van der Waals surface area contributed by atoms with Crippen LogP contribution in [-0.4, -0.2) is 87.8 Å². The quantitative estimate of drug-likeness (QED) is 0.481. The van der Waals surface area contributed by atoms with Crippen molar-refractivity contribution in [2.24, 2.45) is 0 Å². The number of nitrogens with one attached hydrogen (secondary N) is 1. The van der Waals surface area contributed by atoms with Gasteiger partial charge in [-0.1, -0.05) is 18.2 Å². The van der Waals surface area contributed by atoms with Gasteiger partial charge in [0.25, 0.3) is 0 Å². The highest BCUT2D eigenvalue weighted by Crippen LogP contribution is 2.27. The zero-order valence-electron chi connectivity index (χ0n) is 24.2. The Bertz CT molecular complexity index is 1290. The van der Waals surface area contributed by atoms with E-state index in [4.69, 9.17) is 4.74 Å². The molecule has 0 atom stereocenters. The van der Waals surface area contributed by atoms with Gasteiger partial charge in [-0.05, 0) is 80.5 Å². The lowest BCUT2D eigenvalue weighted by Crippen LogP contribution is -2.43. The third-order valence-electron chi connectivity index (χ3n) is 7.32. The number of methoxy groups -OCH3 is 1. The maximum absolute atomic E-state index is 13.2. The van der Waals surface area contributed by atoms with Crippen LogP contribution in [0.4, 0.5) is 0 Å². The molecule has 9 nitrogen and oxygen atoms in total. The maximum atomic E-state index is 13.2. The predicted molar refractivity (Wildman–Crippen MR) is 152 cm³/mol. The number of carbonyl (C=O) groups excluding carboxylic acids is 2. The number of hydrogen-bond acceptors (Lipinski definition) is 6. The molecule has 214 valence electrons. The van der Waals surface area contributed by atoms with Gasteiger partial charge in [0.2, 0.25) is 21.8 Å². The van der Waals surface area contributed by atoms with E-state index >= 15 is 0 Å². The second kappa shape index (κ2) is 12.9. The summed E-state index contributed by atoms with van der Waals surface area (Å²) in [7, 11) is 0.656. The van der Waals surface area contributed by atoms with Gasteiger partial charge in [0.1, 0.15) is 5.75 Å². The molecule has 3 rings (SSSR count). The van der Waals surface area contributed by atoms with Crippen LogP contribution in [0.3, 0.4) is 0 Å². The maximum Gasteiger partial charge on any atom is 0.243 e. The lowest BCUT2D eigenvalue weighted by molar-refractivity contribution is -0.132. The van der Waals surface area contributed by atoms with Crippen molar-refractivity contribution in [2.75, 3.05) is 47.4 Å². The lowest BCUT2D eigenvalue weighted by Gasteiger charge is -2.23. The molecule has 0 unspecified atom stereocenters. The first-order valence-electron chi connectivity index (χ1n) is 13.3. The molecule has 1 aliphatic heterocycles. The number of sulfonamides is 1. The number of aryl methyl sites for hydroxylation is 2. The number of benzene rings is 2. The fraction of sp³-hybridized carbons (Fsp3) is 0.517. The summed E-state index contributed by atoms with van der Waals surface area (Å²) in [5.74, 6) is -0.237. The molecular formula is C29H42N4O5S. The number of rotatable bonds is 10. The number of nitrogens with zero attached hydrogens (tertiary/aromatic N) is 3. The second-order valence-electron chi connectivity index (χ2n) is 10.6. The van der Waals surface area contributed by atoms with E-state index in [0.717, 1.165) is 35.8 Å². The SMILES string of the molecule is COc1cc(C)c(S(=O)(=O)N(C)CC(=O)NCC(=O)N(C)Cc2ccc3c(c2)CCN(C(C)C)CC3)c(C)c1. The molecule has 0 spiro atoms. The first-order valence-corrected chi connectivity index (χ1v) is 14.7. The third kappa shape index (κ3) is 7.58. The molecule has 0 aromatic heterocycles. The monoisotopic (exact) mass is 558 g/mol. The normalized spacial score (nSPS) is 14.2. The Morgan fingerprint density at radius 1 is 1.03 bits per heavy atom. The van der Waals surface area contributed by atoms with Crippen molar-refractivity contribution >= 4 is 21.8 Å². The number of fused-ring (bicyclic) bond motifs is 1. The summed E-state index contributed by atoms with van der Waals surface area (Å²) < 4.78 is 32.5. The summed E-state index contributed by atoms with van der Waals surface area (Å²) in [5.41, 5.74) is 4.81. The smallest absolute Gasteiger partial charge is 0.243 e. The van der Waals surface area contributed by atoms with Crippen molar-refractivity contribution in [3.8, 4) is 5.75 Å². The second-order valence-corrected chi connectivity index (χ2v) is 12.6. The highest BCUT2D eigenvalue weighted by atomic mass is 32.2. The number of carbonyl (C=O) groups is 2. The molecule has 0 saturated heterocycles. The number of amides is 2. The molecule has 10 heteroatoms. The molecule has 2 aromatic carbocycles. The van der Waals surface area contributed by atoms with Crippen LogP contribution in [0.25, 0.3) is 0 Å². The van der Waals surface area contributed by atoms with E-state index in [9.17, 15) is 18.0 Å². The molecule has 0 bridgehead atoms. The molecule has 1 heterocycles. The van der Waals surface area contributed by atoms with Gasteiger partial charge in [-0.15, -0.1) is 0 Å². The number of ether oxygens (including phenoxy) is 1. The average molecular weight is 559 g/mol. The van der Waals surface area contributed by atoms with Crippen LogP contribution < -0.4 is 10.1 Å². The van der Waals surface area contributed by atoms with Crippen molar-refractivity contribution in [2.45, 2.75) is 58.0 Å². The average Bonchev–Trinajstić information content (AvgIpc) is 3.09. The van der Waals surface area contributed by atoms with Crippen LogP contribution in [0.1, 0.15) is 41.7 Å². The molecule has 39 heavy (non-hydrogen) atoms. The molecular weight excluding hydrogens is 516 g/mol. The fourth-order valence-corrected chi connectivity index (χ4v) is 6.55. The van der Waals surface area contributed by atoms with Crippen LogP contribution in [-0.2, 0) is 39.0 Å². The molecule has 0 saturated carbocycles. The van der Waals surface area contributed by atoms with Crippen LogP contribution in [0.2, 0.25) is 0 Å². The van der Waals surface area contributed by atoms with Gasteiger partial charge in [0.05, 0.1) is 25.1 Å². The van der Waals surface area contributed by atoms with E-state index in [1.165, 1.54) is 25.3 Å². The van der Waals surface area contributed by atoms with Gasteiger partial charge < -0.3 is 19.9 Å². The van der Waals surface area contributed by atoms with E-state index in [1.807, 2.05) is 0 Å². The van der Waals surface area contributed by atoms with Crippen molar-refractivity contribution in [1.29, 1.82) is 0 Å². The first kappa shape index (κ1) is 30.6. The van der Waals surface area contributed by atoms with Crippen molar-refractivity contribution < 1.29 is 22.7 Å². The summed E-state index contributed by atoms with van der Waals surface area (Å²) in [5, 5.41) is 2.56. The van der Waals surface area contributed by atoms with Gasteiger partial charge in [-0.2, -0.15) is 4.31 Å². The van der Waals surface area contributed by atoms with Gasteiger partial charge in [0.15, 0.2) is 0 Å². The Morgan fingerprint density at radius 2 is 1.64 bits per heavy atom. The third-order valence-corrected chi connectivity index (χ3v) is 9.43. The minimum absolute atomic E-state index is 0.145. The van der Waals surface area contributed by atoms with E-state index in [0.29, 0.717) is 29.5 Å². The Morgan fingerprint density at radius 3 is 2.23 bits per heavy atom. The van der Waals surface area contributed by atoms with Crippen molar-refractivity contribution in [1.82, 2.24) is 19.4 Å². The standard InChI is InChI=1S/C29H42N4O5S/c1-20(2)33-12-10-24-9-8-23(16-25(24)11-13-33)18-31(5)28(35)17-30-27(34)19-32(6)39(36,37)29-21(3)14-26(38-7)15-22(29)4/h8-9,14-16,20H,10-13,17-19H2,1-7H3,(H,30,34). The van der Waals surface area contributed by atoms with E-state index in [1.54, 1.807) is 37.9 Å². The Labute approximate surface area is 233 Å². The lowest BCUT2D eigenvalue weighted by atomic mass is 10.00. The zero-order valence-corrected chi connectivity index (χ0v) is 25.0. The van der Waals surface area contributed by atoms with Crippen LogP contribution >= 0.6 is 0 Å². The summed E-state index contributed by atoms with van der Waals surface area (Å²) in [6, 6.07) is 10.2.